The molecule has 2 aromatic rings. The van der Waals surface area contributed by atoms with Gasteiger partial charge in [-0.2, -0.15) is 5.10 Å². The number of hydrogen-bond donors (Lipinski definition) is 1. The fourth-order valence-corrected chi connectivity index (χ4v) is 3.04. The molecule has 0 radical (unpaired) electrons. The Morgan fingerprint density at radius 2 is 1.87 bits per heavy atom. The molecule has 0 aliphatic heterocycles. The first-order valence-corrected chi connectivity index (χ1v) is 10.5. The van der Waals surface area contributed by atoms with Crippen molar-refractivity contribution in [3.05, 3.63) is 52.5 Å². The van der Waals surface area contributed by atoms with Crippen molar-refractivity contribution in [2.24, 2.45) is 5.10 Å². The summed E-state index contributed by atoms with van der Waals surface area (Å²) in [5, 5.41) is 4.92. The first-order chi connectivity index (χ1) is 14.5. The van der Waals surface area contributed by atoms with Crippen molar-refractivity contribution in [2.75, 3.05) is 32.2 Å². The normalized spacial score (nSPS) is 10.8. The van der Waals surface area contributed by atoms with Crippen LogP contribution in [0.25, 0.3) is 0 Å². The summed E-state index contributed by atoms with van der Waals surface area (Å²) in [4.78, 5) is 14.2. The van der Waals surface area contributed by atoms with Gasteiger partial charge in [-0.25, -0.2) is 0 Å². The van der Waals surface area contributed by atoms with Gasteiger partial charge in [-0.05, 0) is 61.2 Å². The van der Waals surface area contributed by atoms with Crippen molar-refractivity contribution < 1.29 is 14.3 Å². The second-order valence-corrected chi connectivity index (χ2v) is 7.32. The van der Waals surface area contributed by atoms with Crippen molar-refractivity contribution in [2.45, 2.75) is 33.6 Å². The van der Waals surface area contributed by atoms with E-state index in [0.29, 0.717) is 16.5 Å². The first kappa shape index (κ1) is 23.5. The highest BCUT2D eigenvalue weighted by molar-refractivity contribution is 6.31. The number of anilines is 1. The highest BCUT2D eigenvalue weighted by Crippen LogP contribution is 2.27. The van der Waals surface area contributed by atoms with E-state index in [1.165, 1.54) is 0 Å². The van der Waals surface area contributed by atoms with Gasteiger partial charge in [0.15, 0.2) is 18.1 Å². The summed E-state index contributed by atoms with van der Waals surface area (Å²) in [5.74, 6) is 1.05. The summed E-state index contributed by atoms with van der Waals surface area (Å²) in [5.41, 5.74) is 5.59. The molecule has 0 aromatic heterocycles. The molecule has 0 fully saturated rings. The van der Waals surface area contributed by atoms with Crippen LogP contribution in [0.3, 0.4) is 0 Å². The Morgan fingerprint density at radius 1 is 1.13 bits per heavy atom. The lowest BCUT2D eigenvalue weighted by Crippen LogP contribution is -2.36. The zero-order chi connectivity index (χ0) is 21.9. The SMILES string of the molecule is CCCN(CCC)C(=O)COc1ccc(C=NNc2ccc(C)c(Cl)c2)cc1OC. The van der Waals surface area contributed by atoms with Gasteiger partial charge >= 0.3 is 0 Å². The number of hydrazone groups is 1. The molecular formula is C23H30ClN3O3. The lowest BCUT2D eigenvalue weighted by atomic mass is 10.2. The number of amides is 1. The number of methoxy groups -OCH3 is 1. The average Bonchev–Trinajstić information content (AvgIpc) is 2.74. The fraction of sp³-hybridized carbons (Fsp3) is 0.391. The largest absolute Gasteiger partial charge is 0.493 e. The zero-order valence-corrected chi connectivity index (χ0v) is 18.8. The predicted octanol–water partition coefficient (Wildman–Crippen LogP) is 5.13. The van der Waals surface area contributed by atoms with Crippen molar-refractivity contribution >= 4 is 29.4 Å². The van der Waals surface area contributed by atoms with E-state index >= 15 is 0 Å². The summed E-state index contributed by atoms with van der Waals surface area (Å²) >= 11 is 6.12. The van der Waals surface area contributed by atoms with Crippen LogP contribution in [-0.2, 0) is 4.79 Å². The van der Waals surface area contributed by atoms with E-state index in [4.69, 9.17) is 21.1 Å². The van der Waals surface area contributed by atoms with Crippen LogP contribution in [0, 0.1) is 6.92 Å². The number of rotatable bonds is 11. The molecular weight excluding hydrogens is 402 g/mol. The van der Waals surface area contributed by atoms with Crippen molar-refractivity contribution in [3.63, 3.8) is 0 Å². The number of hydrogen-bond acceptors (Lipinski definition) is 5. The number of nitrogens with one attached hydrogen (secondary N) is 1. The number of benzene rings is 2. The smallest absolute Gasteiger partial charge is 0.260 e. The summed E-state index contributed by atoms with van der Waals surface area (Å²) in [6.07, 6.45) is 3.52. The van der Waals surface area contributed by atoms with Crippen molar-refractivity contribution in [1.82, 2.24) is 4.90 Å². The molecule has 0 saturated heterocycles. The molecule has 0 atom stereocenters. The Labute approximate surface area is 183 Å². The van der Waals surface area contributed by atoms with Crippen LogP contribution in [0.2, 0.25) is 5.02 Å². The van der Waals surface area contributed by atoms with Crippen LogP contribution >= 0.6 is 11.6 Å². The summed E-state index contributed by atoms with van der Waals surface area (Å²) in [6.45, 7) is 7.53. The van der Waals surface area contributed by atoms with Gasteiger partial charge in [0.1, 0.15) is 0 Å². The number of carbonyl (C=O) groups is 1. The number of carbonyl (C=O) groups excluding carboxylic acids is 1. The molecule has 1 amide bonds. The maximum Gasteiger partial charge on any atom is 0.260 e. The van der Waals surface area contributed by atoms with Gasteiger partial charge in [0.05, 0.1) is 19.0 Å². The molecule has 2 rings (SSSR count). The van der Waals surface area contributed by atoms with E-state index in [-0.39, 0.29) is 12.5 Å². The molecule has 162 valence electrons. The van der Waals surface area contributed by atoms with E-state index in [2.05, 4.69) is 24.4 Å². The Balaban J connectivity index is 1.99. The minimum absolute atomic E-state index is 0.0144. The Bertz CT molecular complexity index is 865. The van der Waals surface area contributed by atoms with Crippen LogP contribution in [0.1, 0.15) is 37.8 Å². The van der Waals surface area contributed by atoms with E-state index < -0.39 is 0 Å². The molecule has 7 heteroatoms. The molecule has 1 N–H and O–H groups in total. The third kappa shape index (κ3) is 6.95. The highest BCUT2D eigenvalue weighted by Gasteiger charge is 2.14. The van der Waals surface area contributed by atoms with Gasteiger partial charge in [0, 0.05) is 18.1 Å². The van der Waals surface area contributed by atoms with Crippen LogP contribution in [0.15, 0.2) is 41.5 Å². The molecule has 30 heavy (non-hydrogen) atoms. The minimum Gasteiger partial charge on any atom is -0.493 e. The van der Waals surface area contributed by atoms with E-state index in [9.17, 15) is 4.79 Å². The van der Waals surface area contributed by atoms with E-state index in [1.54, 1.807) is 19.4 Å². The monoisotopic (exact) mass is 431 g/mol. The lowest BCUT2D eigenvalue weighted by molar-refractivity contribution is -0.133. The zero-order valence-electron chi connectivity index (χ0n) is 18.1. The third-order valence-corrected chi connectivity index (χ3v) is 4.86. The van der Waals surface area contributed by atoms with Gasteiger partial charge in [-0.15, -0.1) is 0 Å². The molecule has 2 aromatic carbocycles. The fourth-order valence-electron chi connectivity index (χ4n) is 2.86. The molecule has 6 nitrogen and oxygen atoms in total. The molecule has 0 spiro atoms. The van der Waals surface area contributed by atoms with Gasteiger partial charge < -0.3 is 14.4 Å². The van der Waals surface area contributed by atoms with E-state index in [1.807, 2.05) is 42.2 Å². The quantitative estimate of drug-likeness (QED) is 0.395. The maximum atomic E-state index is 12.4. The summed E-state index contributed by atoms with van der Waals surface area (Å²) < 4.78 is 11.1. The third-order valence-electron chi connectivity index (χ3n) is 4.46. The van der Waals surface area contributed by atoms with Gasteiger partial charge in [-0.1, -0.05) is 31.5 Å². The topological polar surface area (TPSA) is 63.2 Å². The molecule has 0 unspecified atom stereocenters. The summed E-state index contributed by atoms with van der Waals surface area (Å²) in [6, 6.07) is 11.1. The van der Waals surface area contributed by atoms with Crippen LogP contribution < -0.4 is 14.9 Å². The van der Waals surface area contributed by atoms with Gasteiger partial charge in [-0.3, -0.25) is 10.2 Å². The maximum absolute atomic E-state index is 12.4. The Morgan fingerprint density at radius 3 is 2.50 bits per heavy atom. The first-order valence-electron chi connectivity index (χ1n) is 10.1. The minimum atomic E-state index is -0.0210. The molecule has 0 aliphatic rings. The van der Waals surface area contributed by atoms with E-state index in [0.717, 1.165) is 42.7 Å². The van der Waals surface area contributed by atoms with Gasteiger partial charge in [0.25, 0.3) is 5.91 Å². The van der Waals surface area contributed by atoms with Crippen LogP contribution in [0.5, 0.6) is 11.5 Å². The van der Waals surface area contributed by atoms with Crippen molar-refractivity contribution in [1.29, 1.82) is 0 Å². The highest BCUT2D eigenvalue weighted by atomic mass is 35.5. The number of halogens is 1. The van der Waals surface area contributed by atoms with Crippen LogP contribution in [-0.4, -0.2) is 43.8 Å². The lowest BCUT2D eigenvalue weighted by Gasteiger charge is -2.21. The predicted molar refractivity (Wildman–Crippen MR) is 123 cm³/mol. The second-order valence-electron chi connectivity index (χ2n) is 6.91. The summed E-state index contributed by atoms with van der Waals surface area (Å²) in [7, 11) is 1.57. The number of ether oxygens (including phenoxy) is 2. The number of aryl methyl sites for hydroxylation is 1. The molecule has 0 bridgehead atoms. The van der Waals surface area contributed by atoms with Gasteiger partial charge in [0.2, 0.25) is 0 Å². The van der Waals surface area contributed by atoms with Crippen LogP contribution in [0.4, 0.5) is 5.69 Å². The Kier molecular flexibility index (Phi) is 9.48. The molecule has 0 aliphatic carbocycles. The molecule has 0 saturated carbocycles. The van der Waals surface area contributed by atoms with Crippen molar-refractivity contribution in [3.8, 4) is 11.5 Å². The second kappa shape index (κ2) is 12.1. The Hall–Kier alpha value is -2.73. The number of nitrogens with zero attached hydrogens (tertiary/aromatic N) is 2. The standard InChI is InChI=1S/C23H30ClN3O3/c1-5-11-27(12-6-2)23(28)16-30-21-10-8-18(13-22(21)29-4)15-25-26-19-9-7-17(3)20(24)14-19/h7-10,13-15,26H,5-6,11-12,16H2,1-4H3. The average molecular weight is 432 g/mol. The molecule has 0 heterocycles.